The lowest BCUT2D eigenvalue weighted by atomic mass is 10.1. The number of fused-ring (bicyclic) bond motifs is 1. The van der Waals surface area contributed by atoms with Crippen LogP contribution in [0, 0.1) is 0 Å². The van der Waals surface area contributed by atoms with Crippen molar-refractivity contribution in [1.82, 2.24) is 15.5 Å². The molecule has 90 valence electrons. The summed E-state index contributed by atoms with van der Waals surface area (Å²) in [5, 5.41) is 6.30. The molecule has 3 atom stereocenters. The molecule has 0 aliphatic carbocycles. The quantitative estimate of drug-likeness (QED) is 0.663. The predicted octanol–water partition coefficient (Wildman–Crippen LogP) is -0.526. The van der Waals surface area contributed by atoms with Gasteiger partial charge in [-0.25, -0.2) is 0 Å². The summed E-state index contributed by atoms with van der Waals surface area (Å²) in [5.74, 6) is 0.135. The van der Waals surface area contributed by atoms with Crippen molar-refractivity contribution in [2.45, 2.75) is 44.4 Å². The molecule has 2 aliphatic heterocycles. The Morgan fingerprint density at radius 2 is 2.25 bits per heavy atom. The Bertz CT molecular complexity index is 306. The first-order valence-electron chi connectivity index (χ1n) is 5.88. The summed E-state index contributed by atoms with van der Waals surface area (Å²) in [6, 6.07) is -0.404. The molecule has 3 unspecified atom stereocenters. The highest BCUT2D eigenvalue weighted by Gasteiger charge is 2.42. The molecule has 5 nitrogen and oxygen atoms in total. The molecular weight excluding hydrogens is 206 g/mol. The minimum absolute atomic E-state index is 0.0553. The van der Waals surface area contributed by atoms with E-state index in [0.29, 0.717) is 6.54 Å². The number of ketones is 1. The molecule has 0 aromatic carbocycles. The lowest BCUT2D eigenvalue weighted by Gasteiger charge is -2.28. The number of nitrogens with zero attached hydrogens (tertiary/aromatic N) is 1. The molecule has 0 aromatic rings. The molecule has 1 amide bonds. The first-order chi connectivity index (χ1) is 7.65. The van der Waals surface area contributed by atoms with E-state index in [0.717, 1.165) is 19.3 Å². The SMILES string of the molecule is CNC1CCCC2NCC(C(C)=O)N2C1=O. The minimum atomic E-state index is -0.272. The van der Waals surface area contributed by atoms with Gasteiger partial charge in [0.1, 0.15) is 6.04 Å². The van der Waals surface area contributed by atoms with E-state index in [1.165, 1.54) is 0 Å². The fourth-order valence-electron chi connectivity index (χ4n) is 2.64. The Morgan fingerprint density at radius 3 is 2.88 bits per heavy atom. The lowest BCUT2D eigenvalue weighted by molar-refractivity contribution is -0.139. The fraction of sp³-hybridized carbons (Fsp3) is 0.818. The van der Waals surface area contributed by atoms with Crippen molar-refractivity contribution < 1.29 is 9.59 Å². The van der Waals surface area contributed by atoms with Gasteiger partial charge in [0.05, 0.1) is 12.2 Å². The predicted molar refractivity (Wildman–Crippen MR) is 59.8 cm³/mol. The van der Waals surface area contributed by atoms with Gasteiger partial charge < -0.3 is 10.2 Å². The Kier molecular flexibility index (Phi) is 3.25. The molecule has 2 rings (SSSR count). The Labute approximate surface area is 95.6 Å². The Morgan fingerprint density at radius 1 is 1.50 bits per heavy atom. The fourth-order valence-corrected chi connectivity index (χ4v) is 2.64. The summed E-state index contributed by atoms with van der Waals surface area (Å²) in [6.45, 7) is 2.16. The molecule has 2 saturated heterocycles. The first kappa shape index (κ1) is 11.5. The van der Waals surface area contributed by atoms with E-state index in [9.17, 15) is 9.59 Å². The van der Waals surface area contributed by atoms with Gasteiger partial charge in [-0.3, -0.25) is 14.9 Å². The van der Waals surface area contributed by atoms with Gasteiger partial charge in [0.25, 0.3) is 0 Å². The van der Waals surface area contributed by atoms with Gasteiger partial charge in [-0.05, 0) is 33.2 Å². The highest BCUT2D eigenvalue weighted by Crippen LogP contribution is 2.23. The van der Waals surface area contributed by atoms with Crippen LogP contribution in [-0.4, -0.2) is 48.4 Å². The number of carbonyl (C=O) groups excluding carboxylic acids is 2. The minimum Gasteiger partial charge on any atom is -0.314 e. The summed E-state index contributed by atoms with van der Waals surface area (Å²) in [7, 11) is 1.80. The van der Waals surface area contributed by atoms with Crippen LogP contribution in [0.2, 0.25) is 0 Å². The van der Waals surface area contributed by atoms with Crippen LogP contribution < -0.4 is 10.6 Å². The smallest absolute Gasteiger partial charge is 0.241 e. The average molecular weight is 225 g/mol. The zero-order valence-corrected chi connectivity index (χ0v) is 9.82. The molecule has 0 aromatic heterocycles. The largest absolute Gasteiger partial charge is 0.314 e. The summed E-state index contributed by atoms with van der Waals surface area (Å²) < 4.78 is 0. The number of nitrogens with one attached hydrogen (secondary N) is 2. The number of carbonyl (C=O) groups is 2. The van der Waals surface area contributed by atoms with Crippen molar-refractivity contribution >= 4 is 11.7 Å². The van der Waals surface area contributed by atoms with Crippen LogP contribution in [0.4, 0.5) is 0 Å². The van der Waals surface area contributed by atoms with Crippen LogP contribution in [-0.2, 0) is 9.59 Å². The lowest BCUT2D eigenvalue weighted by Crippen LogP contribution is -2.51. The van der Waals surface area contributed by atoms with Crippen LogP contribution >= 0.6 is 0 Å². The van der Waals surface area contributed by atoms with E-state index in [1.807, 2.05) is 0 Å². The third-order valence-electron chi connectivity index (χ3n) is 3.56. The highest BCUT2D eigenvalue weighted by molar-refractivity contribution is 5.90. The maximum Gasteiger partial charge on any atom is 0.241 e. The van der Waals surface area contributed by atoms with E-state index in [4.69, 9.17) is 0 Å². The molecule has 16 heavy (non-hydrogen) atoms. The molecule has 2 heterocycles. The Balaban J connectivity index is 2.22. The van der Waals surface area contributed by atoms with Gasteiger partial charge in [0, 0.05) is 6.54 Å². The monoisotopic (exact) mass is 225 g/mol. The van der Waals surface area contributed by atoms with Gasteiger partial charge in [-0.2, -0.15) is 0 Å². The number of rotatable bonds is 2. The molecule has 0 saturated carbocycles. The summed E-state index contributed by atoms with van der Waals surface area (Å²) >= 11 is 0. The second-order valence-corrected chi connectivity index (χ2v) is 4.57. The van der Waals surface area contributed by atoms with E-state index in [-0.39, 0.29) is 29.9 Å². The average Bonchev–Trinajstić information content (AvgIpc) is 2.61. The van der Waals surface area contributed by atoms with Crippen LogP contribution in [0.3, 0.4) is 0 Å². The maximum absolute atomic E-state index is 12.2. The van der Waals surface area contributed by atoms with Crippen molar-refractivity contribution in [2.24, 2.45) is 0 Å². The van der Waals surface area contributed by atoms with Gasteiger partial charge in [-0.1, -0.05) is 0 Å². The molecule has 2 N–H and O–H groups in total. The van der Waals surface area contributed by atoms with Crippen LogP contribution in [0.25, 0.3) is 0 Å². The van der Waals surface area contributed by atoms with Crippen molar-refractivity contribution in [3.8, 4) is 0 Å². The standard InChI is InChI=1S/C11H19N3O2/c1-7(15)9-6-13-10-5-3-4-8(12-2)11(16)14(9)10/h8-10,12-13H,3-6H2,1-2H3. The first-order valence-corrected chi connectivity index (χ1v) is 5.88. The molecule has 2 fully saturated rings. The van der Waals surface area contributed by atoms with Gasteiger partial charge >= 0.3 is 0 Å². The zero-order chi connectivity index (χ0) is 11.7. The van der Waals surface area contributed by atoms with Gasteiger partial charge in [0.15, 0.2) is 5.78 Å². The van der Waals surface area contributed by atoms with Crippen LogP contribution in [0.15, 0.2) is 0 Å². The number of Topliss-reactive ketones (excluding diaryl/α,β-unsaturated/α-hetero) is 1. The van der Waals surface area contributed by atoms with Crippen molar-refractivity contribution in [3.05, 3.63) is 0 Å². The number of hydrogen-bond acceptors (Lipinski definition) is 4. The molecule has 0 radical (unpaired) electrons. The molecule has 0 spiro atoms. The van der Waals surface area contributed by atoms with Crippen LogP contribution in [0.5, 0.6) is 0 Å². The van der Waals surface area contributed by atoms with E-state index in [2.05, 4.69) is 10.6 Å². The molecule has 2 aliphatic rings. The molecular formula is C11H19N3O2. The summed E-state index contributed by atoms with van der Waals surface area (Å²) in [5.41, 5.74) is 0. The number of hydrogen-bond donors (Lipinski definition) is 2. The van der Waals surface area contributed by atoms with E-state index < -0.39 is 0 Å². The number of amides is 1. The van der Waals surface area contributed by atoms with Crippen LogP contribution in [0.1, 0.15) is 26.2 Å². The third kappa shape index (κ3) is 1.85. The Hall–Kier alpha value is -0.940. The van der Waals surface area contributed by atoms with Gasteiger partial charge in [0.2, 0.25) is 5.91 Å². The summed E-state index contributed by atoms with van der Waals surface area (Å²) in [6.07, 6.45) is 2.86. The second-order valence-electron chi connectivity index (χ2n) is 4.57. The normalized spacial score (nSPS) is 34.8. The van der Waals surface area contributed by atoms with Crippen molar-refractivity contribution in [1.29, 1.82) is 0 Å². The molecule has 5 heteroatoms. The van der Waals surface area contributed by atoms with E-state index >= 15 is 0 Å². The van der Waals surface area contributed by atoms with Crippen molar-refractivity contribution in [2.75, 3.05) is 13.6 Å². The summed E-state index contributed by atoms with van der Waals surface area (Å²) in [4.78, 5) is 25.5. The zero-order valence-electron chi connectivity index (χ0n) is 9.82. The topological polar surface area (TPSA) is 61.4 Å². The van der Waals surface area contributed by atoms with Gasteiger partial charge in [-0.15, -0.1) is 0 Å². The molecule has 0 bridgehead atoms. The third-order valence-corrected chi connectivity index (χ3v) is 3.56. The maximum atomic E-state index is 12.2. The van der Waals surface area contributed by atoms with E-state index in [1.54, 1.807) is 18.9 Å². The highest BCUT2D eigenvalue weighted by atomic mass is 16.2. The second kappa shape index (κ2) is 4.51. The number of likely N-dealkylation sites (N-methyl/N-ethyl adjacent to an activating group) is 1. The van der Waals surface area contributed by atoms with Crippen molar-refractivity contribution in [3.63, 3.8) is 0 Å².